The Morgan fingerprint density at radius 3 is 2.79 bits per heavy atom. The zero-order chi connectivity index (χ0) is 22.9. The summed E-state index contributed by atoms with van der Waals surface area (Å²) in [5.41, 5.74) is 4.65. The summed E-state index contributed by atoms with van der Waals surface area (Å²) in [6.07, 6.45) is 3.04. The van der Waals surface area contributed by atoms with Crippen molar-refractivity contribution in [3.8, 4) is 16.2 Å². The van der Waals surface area contributed by atoms with Crippen molar-refractivity contribution in [2.75, 3.05) is 20.2 Å². The van der Waals surface area contributed by atoms with Crippen molar-refractivity contribution in [3.05, 3.63) is 64.6 Å². The summed E-state index contributed by atoms with van der Waals surface area (Å²) in [6.45, 7) is 5.42. The molecule has 0 atom stereocenters. The first-order valence-corrected chi connectivity index (χ1v) is 12.2. The summed E-state index contributed by atoms with van der Waals surface area (Å²) in [6, 6.07) is 14.1. The lowest BCUT2D eigenvalue weighted by Gasteiger charge is -2.22. The van der Waals surface area contributed by atoms with Crippen molar-refractivity contribution < 1.29 is 9.53 Å². The van der Waals surface area contributed by atoms with Gasteiger partial charge in [0, 0.05) is 25.6 Å². The summed E-state index contributed by atoms with van der Waals surface area (Å²) in [5.74, 6) is 2.28. The third kappa shape index (κ3) is 4.78. The van der Waals surface area contributed by atoms with E-state index < -0.39 is 0 Å². The second-order valence-corrected chi connectivity index (χ2v) is 9.99. The van der Waals surface area contributed by atoms with Crippen LogP contribution < -0.4 is 4.74 Å². The number of aryl methyl sites for hydroxylation is 2. The highest BCUT2D eigenvalue weighted by molar-refractivity contribution is 7.15. The highest BCUT2D eigenvalue weighted by Gasteiger charge is 2.30. The van der Waals surface area contributed by atoms with E-state index >= 15 is 0 Å². The number of aromatic nitrogens is 3. The van der Waals surface area contributed by atoms with Crippen molar-refractivity contribution in [2.45, 2.75) is 33.1 Å². The molecule has 0 unspecified atom stereocenters. The molecular weight excluding hydrogens is 432 g/mol. The van der Waals surface area contributed by atoms with Crippen molar-refractivity contribution in [1.82, 2.24) is 19.9 Å². The molecule has 0 spiro atoms. The minimum Gasteiger partial charge on any atom is -0.497 e. The Hall–Kier alpha value is -3.19. The molecule has 5 rings (SSSR count). The van der Waals surface area contributed by atoms with Gasteiger partial charge in [0.2, 0.25) is 0 Å². The van der Waals surface area contributed by atoms with Gasteiger partial charge in [0.15, 0.2) is 0 Å². The number of carbonyl (C=O) groups excluding carboxylic acids is 1. The molecular formula is C26H28N4O2S. The fourth-order valence-electron chi connectivity index (χ4n) is 4.12. The van der Waals surface area contributed by atoms with Crippen LogP contribution in [-0.4, -0.2) is 46.0 Å². The molecule has 1 amide bonds. The molecule has 170 valence electrons. The van der Waals surface area contributed by atoms with Crippen molar-refractivity contribution in [3.63, 3.8) is 0 Å². The monoisotopic (exact) mass is 460 g/mol. The number of thiazole rings is 1. The van der Waals surface area contributed by atoms with E-state index in [9.17, 15) is 4.79 Å². The number of H-pyrrole nitrogens is 1. The molecule has 1 aliphatic carbocycles. The second-order valence-electron chi connectivity index (χ2n) is 8.79. The maximum Gasteiger partial charge on any atom is 0.274 e. The number of hydrogen-bond acceptors (Lipinski definition) is 5. The largest absolute Gasteiger partial charge is 0.497 e. The first-order chi connectivity index (χ1) is 16.0. The molecule has 1 saturated carbocycles. The summed E-state index contributed by atoms with van der Waals surface area (Å²) in [5, 5.41) is 0.910. The number of benzene rings is 2. The van der Waals surface area contributed by atoms with Crippen molar-refractivity contribution in [1.29, 1.82) is 0 Å². The van der Waals surface area contributed by atoms with Gasteiger partial charge in [-0.15, -0.1) is 11.3 Å². The zero-order valence-corrected chi connectivity index (χ0v) is 20.0. The average molecular weight is 461 g/mol. The van der Waals surface area contributed by atoms with Crippen molar-refractivity contribution >= 4 is 28.3 Å². The van der Waals surface area contributed by atoms with Gasteiger partial charge in [0.1, 0.15) is 17.3 Å². The van der Waals surface area contributed by atoms with E-state index in [1.165, 1.54) is 18.4 Å². The third-order valence-corrected chi connectivity index (χ3v) is 7.06. The number of fused-ring (bicyclic) bond motifs is 1. The molecule has 2 heterocycles. The number of ether oxygens (including phenoxy) is 1. The molecule has 1 N–H and O–H groups in total. The van der Waals surface area contributed by atoms with E-state index in [1.54, 1.807) is 18.4 Å². The van der Waals surface area contributed by atoms with Gasteiger partial charge < -0.3 is 14.6 Å². The molecule has 33 heavy (non-hydrogen) atoms. The van der Waals surface area contributed by atoms with Gasteiger partial charge in [-0.05, 0) is 50.3 Å². The number of nitrogens with one attached hydrogen (secondary N) is 1. The van der Waals surface area contributed by atoms with Crippen molar-refractivity contribution in [2.24, 2.45) is 5.92 Å². The Balaban J connectivity index is 1.39. The van der Waals surface area contributed by atoms with E-state index in [1.807, 2.05) is 36.1 Å². The lowest BCUT2D eigenvalue weighted by molar-refractivity contribution is 0.0744. The molecule has 0 radical (unpaired) electrons. The van der Waals surface area contributed by atoms with E-state index in [0.717, 1.165) is 44.6 Å². The maximum absolute atomic E-state index is 13.7. The Morgan fingerprint density at radius 2 is 2.03 bits per heavy atom. The van der Waals surface area contributed by atoms with E-state index in [2.05, 4.69) is 35.1 Å². The molecule has 4 aromatic rings. The SMILES string of the molecule is COc1ccc2nc(CCN(CC3CC3)C(=O)c3nc(C)sc3-c3cccc(C)c3)[nH]c2c1. The fourth-order valence-corrected chi connectivity index (χ4v) is 5.03. The number of carbonyl (C=O) groups is 1. The topological polar surface area (TPSA) is 71.1 Å². The van der Waals surface area contributed by atoms with Crippen LogP contribution in [0.4, 0.5) is 0 Å². The number of hydrogen-bond donors (Lipinski definition) is 1. The first kappa shape index (κ1) is 21.6. The van der Waals surface area contributed by atoms with Crippen LogP contribution in [-0.2, 0) is 6.42 Å². The van der Waals surface area contributed by atoms with Crippen LogP contribution in [0.15, 0.2) is 42.5 Å². The van der Waals surface area contributed by atoms with Crippen LogP contribution in [0.5, 0.6) is 5.75 Å². The fraction of sp³-hybridized carbons (Fsp3) is 0.346. The summed E-state index contributed by atoms with van der Waals surface area (Å²) >= 11 is 1.59. The Kier molecular flexibility index (Phi) is 5.89. The van der Waals surface area contributed by atoms with Crippen LogP contribution in [0.25, 0.3) is 21.5 Å². The number of nitrogens with zero attached hydrogens (tertiary/aromatic N) is 3. The standard InChI is InChI=1S/C26H28N4O2S/c1-16-5-4-6-19(13-16)25-24(27-17(2)33-25)26(31)30(15-18-7-8-18)12-11-23-28-21-10-9-20(32-3)14-22(21)29-23/h4-6,9-10,13-14,18H,7-8,11-12,15H2,1-3H3,(H,28,29). The van der Waals surface area contributed by atoms with Gasteiger partial charge in [0.05, 0.1) is 28.0 Å². The third-order valence-electron chi connectivity index (χ3n) is 6.04. The summed E-state index contributed by atoms with van der Waals surface area (Å²) < 4.78 is 5.31. The summed E-state index contributed by atoms with van der Waals surface area (Å²) in [4.78, 5) is 29.4. The van der Waals surface area contributed by atoms with E-state index in [-0.39, 0.29) is 5.91 Å². The molecule has 2 aromatic carbocycles. The minimum absolute atomic E-state index is 0.0144. The molecule has 0 bridgehead atoms. The zero-order valence-electron chi connectivity index (χ0n) is 19.2. The van der Waals surface area contributed by atoms with Gasteiger partial charge in [-0.1, -0.05) is 29.8 Å². The van der Waals surface area contributed by atoms with Gasteiger partial charge in [0.25, 0.3) is 5.91 Å². The number of rotatable bonds is 8. The highest BCUT2D eigenvalue weighted by atomic mass is 32.1. The molecule has 1 aliphatic rings. The first-order valence-electron chi connectivity index (χ1n) is 11.4. The molecule has 6 nitrogen and oxygen atoms in total. The molecule has 7 heteroatoms. The van der Waals surface area contributed by atoms with Crippen LogP contribution >= 0.6 is 11.3 Å². The van der Waals surface area contributed by atoms with Crippen LogP contribution in [0.2, 0.25) is 0 Å². The van der Waals surface area contributed by atoms with E-state index in [4.69, 9.17) is 9.72 Å². The Morgan fingerprint density at radius 1 is 1.18 bits per heavy atom. The average Bonchev–Trinajstić information content (AvgIpc) is 3.40. The molecule has 1 fully saturated rings. The predicted octanol–water partition coefficient (Wildman–Crippen LogP) is 5.41. The van der Waals surface area contributed by atoms with Crippen LogP contribution in [0.1, 0.15) is 39.7 Å². The van der Waals surface area contributed by atoms with Gasteiger partial charge in [-0.3, -0.25) is 4.79 Å². The molecule has 2 aromatic heterocycles. The Labute approximate surface area is 197 Å². The van der Waals surface area contributed by atoms with Gasteiger partial charge in [-0.25, -0.2) is 9.97 Å². The van der Waals surface area contributed by atoms with E-state index in [0.29, 0.717) is 24.6 Å². The van der Waals surface area contributed by atoms with Gasteiger partial charge >= 0.3 is 0 Å². The highest BCUT2D eigenvalue weighted by Crippen LogP contribution is 2.34. The second kappa shape index (κ2) is 8.98. The molecule has 0 saturated heterocycles. The maximum atomic E-state index is 13.7. The van der Waals surface area contributed by atoms with Crippen LogP contribution in [0, 0.1) is 19.8 Å². The normalized spacial score (nSPS) is 13.4. The quantitative estimate of drug-likeness (QED) is 0.382. The number of aromatic amines is 1. The summed E-state index contributed by atoms with van der Waals surface area (Å²) in [7, 11) is 1.66. The number of imidazole rings is 1. The Bertz CT molecular complexity index is 1300. The lowest BCUT2D eigenvalue weighted by Crippen LogP contribution is -2.35. The lowest BCUT2D eigenvalue weighted by atomic mass is 10.1. The number of methoxy groups -OCH3 is 1. The molecule has 0 aliphatic heterocycles. The smallest absolute Gasteiger partial charge is 0.274 e. The van der Waals surface area contributed by atoms with Crippen LogP contribution in [0.3, 0.4) is 0 Å². The number of amides is 1. The predicted molar refractivity (Wildman–Crippen MR) is 132 cm³/mol. The minimum atomic E-state index is 0.0144. The van der Waals surface area contributed by atoms with Gasteiger partial charge in [-0.2, -0.15) is 0 Å².